The normalized spacial score (nSPS) is 15.3. The lowest BCUT2D eigenvalue weighted by atomic mass is 9.84. The van der Waals surface area contributed by atoms with Crippen LogP contribution in [0.1, 0.15) is 53.4 Å². The van der Waals surface area contributed by atoms with Gasteiger partial charge in [-0.25, -0.2) is 0 Å². The van der Waals surface area contributed by atoms with Crippen LogP contribution in [-0.2, 0) is 0 Å². The molecule has 1 rings (SSSR count). The Bertz CT molecular complexity index is 927. The van der Waals surface area contributed by atoms with Crippen LogP contribution in [-0.4, -0.2) is 0 Å². The minimum Gasteiger partial charge on any atom is -0.193 e. The molecule has 0 aliphatic heterocycles. The van der Waals surface area contributed by atoms with E-state index in [-0.39, 0.29) is 22.3 Å². The van der Waals surface area contributed by atoms with Crippen LogP contribution in [0.2, 0.25) is 0 Å². The van der Waals surface area contributed by atoms with Crippen molar-refractivity contribution < 1.29 is 8.78 Å². The molecular weight excluding hydrogens is 358 g/mol. The lowest BCUT2D eigenvalue weighted by Crippen LogP contribution is -2.03. The van der Waals surface area contributed by atoms with Gasteiger partial charge in [-0.15, -0.1) is 0 Å². The van der Waals surface area contributed by atoms with E-state index in [1.165, 1.54) is 0 Å². The summed E-state index contributed by atoms with van der Waals surface area (Å²) >= 11 is 0. The van der Waals surface area contributed by atoms with Crippen LogP contribution in [0.4, 0.5) is 8.78 Å². The van der Waals surface area contributed by atoms with E-state index in [4.69, 9.17) is 0 Å². The minimum absolute atomic E-state index is 0.181. The molecule has 0 saturated heterocycles. The largest absolute Gasteiger partial charge is 0.280 e. The highest BCUT2D eigenvalue weighted by Crippen LogP contribution is 2.48. The summed E-state index contributed by atoms with van der Waals surface area (Å²) in [5.74, 6) is 0. The molecule has 0 bridgehead atoms. The first-order valence-electron chi connectivity index (χ1n) is 9.02. The molecule has 0 fully saturated rings. The van der Waals surface area contributed by atoms with Gasteiger partial charge in [-0.1, -0.05) is 27.7 Å². The molecule has 1 aliphatic carbocycles. The zero-order valence-corrected chi connectivity index (χ0v) is 16.4. The van der Waals surface area contributed by atoms with Crippen molar-refractivity contribution in [3.8, 4) is 24.3 Å². The molecule has 0 heterocycles. The highest BCUT2D eigenvalue weighted by Gasteiger charge is 2.36. The van der Waals surface area contributed by atoms with E-state index < -0.39 is 11.7 Å². The summed E-state index contributed by atoms with van der Waals surface area (Å²) < 4.78 is 27.5. The van der Waals surface area contributed by atoms with Gasteiger partial charge in [0.1, 0.15) is 12.1 Å². The highest BCUT2D eigenvalue weighted by atomic mass is 19.3. The average Bonchev–Trinajstić information content (AvgIpc) is 3.03. The number of allylic oxidation sites excluding steroid dienone is 9. The Morgan fingerprint density at radius 2 is 1.04 bits per heavy atom. The molecular formula is C22H20F2N4. The molecule has 6 heteroatoms. The van der Waals surface area contributed by atoms with Crippen LogP contribution in [0, 0.1) is 45.3 Å². The van der Waals surface area contributed by atoms with Crippen molar-refractivity contribution in [3.05, 3.63) is 56.2 Å². The monoisotopic (exact) mass is 378 g/mol. The van der Waals surface area contributed by atoms with Crippen LogP contribution in [0.25, 0.3) is 0 Å². The standard InChI is InChI=1S/C22H20F2N4/c1-5-13(9-25)15(7-3)19-17(11-27)21(22(23)24)18(12-28)20(19)16(8-4)14(6-2)10-26/h5-8H2,1-4H3/b15-13-,16-14-. The summed E-state index contributed by atoms with van der Waals surface area (Å²) in [5, 5.41) is 38.4. The minimum atomic E-state index is -2.13. The smallest absolute Gasteiger partial charge is 0.193 e. The van der Waals surface area contributed by atoms with Gasteiger partial charge in [0.15, 0.2) is 0 Å². The molecule has 0 atom stereocenters. The Morgan fingerprint density at radius 1 is 0.679 bits per heavy atom. The van der Waals surface area contributed by atoms with Gasteiger partial charge < -0.3 is 0 Å². The van der Waals surface area contributed by atoms with Crippen molar-refractivity contribution in [1.82, 2.24) is 0 Å². The van der Waals surface area contributed by atoms with E-state index in [2.05, 4.69) is 12.1 Å². The third kappa shape index (κ3) is 3.78. The topological polar surface area (TPSA) is 95.2 Å². The van der Waals surface area contributed by atoms with E-state index in [0.29, 0.717) is 48.0 Å². The number of nitriles is 4. The number of halogens is 2. The molecule has 0 amide bonds. The molecule has 1 aliphatic rings. The quantitative estimate of drug-likeness (QED) is 0.524. The Kier molecular flexibility index (Phi) is 8.07. The second-order valence-electron chi connectivity index (χ2n) is 5.91. The molecule has 0 aromatic heterocycles. The summed E-state index contributed by atoms with van der Waals surface area (Å²) in [6, 6.07) is 7.79. The molecule has 0 aromatic carbocycles. The highest BCUT2D eigenvalue weighted by molar-refractivity contribution is 5.81. The molecule has 4 nitrogen and oxygen atoms in total. The Balaban J connectivity index is 4.33. The average molecular weight is 378 g/mol. The number of hydrogen-bond acceptors (Lipinski definition) is 4. The third-order valence-corrected chi connectivity index (χ3v) is 4.68. The Hall–Kier alpha value is -3.48. The fourth-order valence-electron chi connectivity index (χ4n) is 3.44. The van der Waals surface area contributed by atoms with Gasteiger partial charge >= 0.3 is 0 Å². The van der Waals surface area contributed by atoms with Gasteiger partial charge in [0.05, 0.1) is 28.9 Å². The fraction of sp³-hybridized carbons (Fsp3) is 0.364. The van der Waals surface area contributed by atoms with Crippen LogP contribution >= 0.6 is 0 Å². The van der Waals surface area contributed by atoms with Crippen molar-refractivity contribution in [1.29, 1.82) is 21.0 Å². The SMILES string of the molecule is CC/C(C#N)=C(\CC)C1=C(C#N)C(=C(F)F)C(C#N)=C1/C(CC)=C(\C#N)CC. The number of hydrogen-bond donors (Lipinski definition) is 0. The molecule has 0 N–H and O–H groups in total. The summed E-state index contributed by atoms with van der Waals surface area (Å²) in [7, 11) is 0. The van der Waals surface area contributed by atoms with Crippen molar-refractivity contribution in [3.63, 3.8) is 0 Å². The summed E-state index contributed by atoms with van der Waals surface area (Å²) in [5.41, 5.74) is 0.681. The zero-order valence-electron chi connectivity index (χ0n) is 16.4. The zero-order chi connectivity index (χ0) is 21.4. The van der Waals surface area contributed by atoms with Crippen LogP contribution in [0.3, 0.4) is 0 Å². The van der Waals surface area contributed by atoms with Crippen LogP contribution in [0.5, 0.6) is 0 Å². The molecule has 0 unspecified atom stereocenters. The maximum absolute atomic E-state index is 13.8. The predicted octanol–water partition coefficient (Wildman–Crippen LogP) is 6.07. The van der Waals surface area contributed by atoms with Crippen molar-refractivity contribution >= 4 is 0 Å². The first-order valence-corrected chi connectivity index (χ1v) is 9.02. The second kappa shape index (κ2) is 10.0. The molecule has 0 saturated carbocycles. The van der Waals surface area contributed by atoms with Gasteiger partial charge in [-0.2, -0.15) is 29.8 Å². The molecule has 0 spiro atoms. The van der Waals surface area contributed by atoms with E-state index in [1.54, 1.807) is 27.7 Å². The van der Waals surface area contributed by atoms with Crippen molar-refractivity contribution in [2.24, 2.45) is 0 Å². The molecule has 0 radical (unpaired) electrons. The lowest BCUT2D eigenvalue weighted by molar-refractivity contribution is 0.416. The fourth-order valence-corrected chi connectivity index (χ4v) is 3.44. The van der Waals surface area contributed by atoms with E-state index in [9.17, 15) is 29.8 Å². The van der Waals surface area contributed by atoms with E-state index in [0.717, 1.165) is 0 Å². The first kappa shape index (κ1) is 22.6. The van der Waals surface area contributed by atoms with Gasteiger partial charge in [0, 0.05) is 22.3 Å². The predicted molar refractivity (Wildman–Crippen MR) is 101 cm³/mol. The first-order chi connectivity index (χ1) is 13.4. The van der Waals surface area contributed by atoms with Crippen LogP contribution < -0.4 is 0 Å². The Morgan fingerprint density at radius 3 is 1.21 bits per heavy atom. The van der Waals surface area contributed by atoms with Gasteiger partial charge in [0.2, 0.25) is 0 Å². The second-order valence-corrected chi connectivity index (χ2v) is 5.91. The third-order valence-electron chi connectivity index (χ3n) is 4.68. The van der Waals surface area contributed by atoms with Gasteiger partial charge in [-0.05, 0) is 36.8 Å². The lowest BCUT2D eigenvalue weighted by Gasteiger charge is -2.17. The van der Waals surface area contributed by atoms with Crippen molar-refractivity contribution in [2.45, 2.75) is 53.4 Å². The molecule has 0 aromatic rings. The molecule has 28 heavy (non-hydrogen) atoms. The van der Waals surface area contributed by atoms with Crippen molar-refractivity contribution in [2.75, 3.05) is 0 Å². The number of rotatable bonds is 6. The summed E-state index contributed by atoms with van der Waals surface area (Å²) in [4.78, 5) is 0. The molecule has 142 valence electrons. The van der Waals surface area contributed by atoms with Crippen LogP contribution in [0.15, 0.2) is 56.2 Å². The summed E-state index contributed by atoms with van der Waals surface area (Å²) in [6.07, 6.45) is -0.759. The summed E-state index contributed by atoms with van der Waals surface area (Å²) in [6.45, 7) is 7.06. The maximum atomic E-state index is 13.8. The number of nitrogens with zero attached hydrogens (tertiary/aromatic N) is 4. The van der Waals surface area contributed by atoms with Gasteiger partial charge in [0.25, 0.3) is 6.08 Å². The maximum Gasteiger partial charge on any atom is 0.280 e. The van der Waals surface area contributed by atoms with E-state index >= 15 is 0 Å². The van der Waals surface area contributed by atoms with E-state index in [1.807, 2.05) is 12.1 Å². The Labute approximate surface area is 164 Å². The van der Waals surface area contributed by atoms with Gasteiger partial charge in [-0.3, -0.25) is 0 Å².